The Morgan fingerprint density at radius 3 is 2.91 bits per heavy atom. The number of anilines is 1. The molecule has 23 heavy (non-hydrogen) atoms. The minimum atomic E-state index is 0.204. The van der Waals surface area contributed by atoms with Crippen LogP contribution in [0.15, 0.2) is 21.2 Å². The summed E-state index contributed by atoms with van der Waals surface area (Å²) in [6.07, 6.45) is 4.71. The van der Waals surface area contributed by atoms with Crippen molar-refractivity contribution in [3.05, 3.63) is 22.4 Å². The zero-order chi connectivity index (χ0) is 15.6. The Morgan fingerprint density at radius 2 is 2.22 bits per heavy atom. The summed E-state index contributed by atoms with van der Waals surface area (Å²) in [7, 11) is 0. The smallest absolute Gasteiger partial charge is 0.233 e. The number of amides is 1. The third-order valence-corrected chi connectivity index (χ3v) is 6.58. The molecule has 0 aliphatic heterocycles. The van der Waals surface area contributed by atoms with Crippen molar-refractivity contribution in [3.8, 4) is 0 Å². The van der Waals surface area contributed by atoms with E-state index in [1.807, 2.05) is 4.90 Å². The highest BCUT2D eigenvalue weighted by molar-refractivity contribution is 8.01. The molecule has 122 valence electrons. The Labute approximate surface area is 147 Å². The molecule has 2 aliphatic rings. The van der Waals surface area contributed by atoms with E-state index < -0.39 is 0 Å². The Morgan fingerprint density at radius 1 is 1.35 bits per heavy atom. The maximum atomic E-state index is 12.6. The lowest BCUT2D eigenvalue weighted by molar-refractivity contribution is -0.129. The fraction of sp³-hybridized carbons (Fsp3) is 0.533. The molecule has 0 radical (unpaired) electrons. The molecule has 0 atom stereocenters. The molecule has 2 heterocycles. The molecular formula is C15H18N4OS3. The van der Waals surface area contributed by atoms with Crippen molar-refractivity contribution in [2.75, 3.05) is 11.1 Å². The normalized spacial score (nSPS) is 17.2. The second-order valence-electron chi connectivity index (χ2n) is 5.96. The van der Waals surface area contributed by atoms with Gasteiger partial charge in [-0.05, 0) is 48.1 Å². The highest BCUT2D eigenvalue weighted by Gasteiger charge is 2.32. The summed E-state index contributed by atoms with van der Waals surface area (Å²) in [5.74, 6) is 0.647. The van der Waals surface area contributed by atoms with Gasteiger partial charge in [-0.25, -0.2) is 0 Å². The topological polar surface area (TPSA) is 58.1 Å². The molecule has 5 nitrogen and oxygen atoms in total. The van der Waals surface area contributed by atoms with Crippen LogP contribution in [-0.4, -0.2) is 38.8 Å². The molecule has 0 unspecified atom stereocenters. The summed E-state index contributed by atoms with van der Waals surface area (Å²) in [4.78, 5) is 14.6. The van der Waals surface area contributed by atoms with Gasteiger partial charge in [0, 0.05) is 18.6 Å². The maximum Gasteiger partial charge on any atom is 0.233 e. The number of carbonyl (C=O) groups excluding carboxylic acids is 1. The maximum absolute atomic E-state index is 12.6. The van der Waals surface area contributed by atoms with Crippen molar-refractivity contribution in [2.45, 2.75) is 48.7 Å². The quantitative estimate of drug-likeness (QED) is 0.725. The molecule has 2 fully saturated rings. The zero-order valence-corrected chi connectivity index (χ0v) is 15.1. The van der Waals surface area contributed by atoms with Crippen molar-refractivity contribution in [2.24, 2.45) is 0 Å². The van der Waals surface area contributed by atoms with Crippen LogP contribution in [0.2, 0.25) is 0 Å². The number of hydrogen-bond acceptors (Lipinski definition) is 7. The lowest BCUT2D eigenvalue weighted by Gasteiger charge is -2.21. The van der Waals surface area contributed by atoms with Gasteiger partial charge in [0.1, 0.15) is 0 Å². The van der Waals surface area contributed by atoms with E-state index in [4.69, 9.17) is 0 Å². The van der Waals surface area contributed by atoms with Crippen molar-refractivity contribution in [3.63, 3.8) is 0 Å². The van der Waals surface area contributed by atoms with Crippen LogP contribution >= 0.6 is 34.4 Å². The first-order chi connectivity index (χ1) is 11.3. The molecule has 8 heteroatoms. The second kappa shape index (κ2) is 6.78. The number of nitrogens with zero attached hydrogens (tertiary/aromatic N) is 3. The van der Waals surface area contributed by atoms with Gasteiger partial charge in [-0.3, -0.25) is 4.79 Å². The summed E-state index contributed by atoms with van der Waals surface area (Å²) in [6.45, 7) is 0.734. The Kier molecular flexibility index (Phi) is 4.54. The van der Waals surface area contributed by atoms with E-state index in [0.717, 1.165) is 28.9 Å². The standard InChI is InChI=1S/C15H18N4OS3/c20-13(19(12-3-4-12)7-10-5-6-21-8-10)9-22-15-18-17-14(23-15)16-11-1-2-11/h5-6,8,11-12H,1-4,7,9H2,(H,16,17). The van der Waals surface area contributed by atoms with E-state index in [1.54, 1.807) is 22.7 Å². The summed E-state index contributed by atoms with van der Waals surface area (Å²) >= 11 is 4.73. The van der Waals surface area contributed by atoms with Crippen LogP contribution < -0.4 is 5.32 Å². The van der Waals surface area contributed by atoms with Gasteiger partial charge in [0.2, 0.25) is 11.0 Å². The van der Waals surface area contributed by atoms with Gasteiger partial charge < -0.3 is 10.2 Å². The van der Waals surface area contributed by atoms with Gasteiger partial charge in [0.15, 0.2) is 4.34 Å². The van der Waals surface area contributed by atoms with Crippen LogP contribution in [-0.2, 0) is 11.3 Å². The third-order valence-electron chi connectivity index (χ3n) is 3.87. The van der Waals surface area contributed by atoms with Crippen LogP contribution in [0.4, 0.5) is 5.13 Å². The molecule has 0 bridgehead atoms. The largest absolute Gasteiger partial charge is 0.357 e. The Balaban J connectivity index is 1.31. The molecule has 2 aliphatic carbocycles. The molecule has 1 amide bonds. The van der Waals surface area contributed by atoms with Crippen LogP contribution in [0.3, 0.4) is 0 Å². The summed E-state index contributed by atoms with van der Waals surface area (Å²) in [5, 5.41) is 16.7. The number of rotatable bonds is 8. The van der Waals surface area contributed by atoms with Crippen molar-refractivity contribution in [1.29, 1.82) is 0 Å². The summed E-state index contributed by atoms with van der Waals surface area (Å²) in [6, 6.07) is 3.11. The average Bonchev–Trinajstić information content (AvgIpc) is 3.45. The summed E-state index contributed by atoms with van der Waals surface area (Å²) in [5.41, 5.74) is 1.23. The van der Waals surface area contributed by atoms with Crippen LogP contribution in [0.1, 0.15) is 31.2 Å². The van der Waals surface area contributed by atoms with Crippen molar-refractivity contribution >= 4 is 45.5 Å². The average molecular weight is 367 g/mol. The molecule has 2 saturated carbocycles. The number of nitrogens with one attached hydrogen (secondary N) is 1. The number of thiophene rings is 1. The van der Waals surface area contributed by atoms with E-state index in [2.05, 4.69) is 32.3 Å². The number of thioether (sulfide) groups is 1. The SMILES string of the molecule is O=C(CSc1nnc(NC2CC2)s1)N(Cc1ccsc1)C1CC1. The highest BCUT2D eigenvalue weighted by Crippen LogP contribution is 2.32. The third kappa shape index (κ3) is 4.24. The molecular weight excluding hydrogens is 348 g/mol. The van der Waals surface area contributed by atoms with Gasteiger partial charge >= 0.3 is 0 Å². The predicted octanol–water partition coefficient (Wildman–Crippen LogP) is 3.46. The monoisotopic (exact) mass is 366 g/mol. The zero-order valence-electron chi connectivity index (χ0n) is 12.6. The summed E-state index contributed by atoms with van der Waals surface area (Å²) < 4.78 is 0.868. The molecule has 0 spiro atoms. The molecule has 1 N–H and O–H groups in total. The van der Waals surface area contributed by atoms with E-state index in [0.29, 0.717) is 17.8 Å². The van der Waals surface area contributed by atoms with Gasteiger partial charge in [-0.2, -0.15) is 11.3 Å². The molecule has 4 rings (SSSR count). The number of carbonyl (C=O) groups is 1. The van der Waals surface area contributed by atoms with Crippen LogP contribution in [0.25, 0.3) is 0 Å². The molecule has 2 aromatic heterocycles. The second-order valence-corrected chi connectivity index (χ2v) is 8.94. The molecule has 0 aromatic carbocycles. The highest BCUT2D eigenvalue weighted by atomic mass is 32.2. The van der Waals surface area contributed by atoms with E-state index in [-0.39, 0.29) is 5.91 Å². The van der Waals surface area contributed by atoms with Crippen LogP contribution in [0.5, 0.6) is 0 Å². The van der Waals surface area contributed by atoms with Gasteiger partial charge in [-0.1, -0.05) is 23.1 Å². The molecule has 2 aromatic rings. The lowest BCUT2D eigenvalue weighted by atomic mass is 10.3. The number of aromatic nitrogens is 2. The van der Waals surface area contributed by atoms with Crippen molar-refractivity contribution in [1.82, 2.24) is 15.1 Å². The first kappa shape index (κ1) is 15.4. The number of hydrogen-bond donors (Lipinski definition) is 1. The minimum absolute atomic E-state index is 0.204. The van der Waals surface area contributed by atoms with Crippen LogP contribution in [0, 0.1) is 0 Å². The lowest BCUT2D eigenvalue weighted by Crippen LogP contribution is -2.33. The Hall–Kier alpha value is -1.12. The van der Waals surface area contributed by atoms with Gasteiger partial charge in [0.05, 0.1) is 5.75 Å². The fourth-order valence-electron chi connectivity index (χ4n) is 2.32. The first-order valence-electron chi connectivity index (χ1n) is 7.81. The Bertz CT molecular complexity index is 664. The molecule has 0 saturated heterocycles. The minimum Gasteiger partial charge on any atom is -0.357 e. The van der Waals surface area contributed by atoms with Crippen molar-refractivity contribution < 1.29 is 4.79 Å². The first-order valence-corrected chi connectivity index (χ1v) is 10.6. The van der Waals surface area contributed by atoms with Gasteiger partial charge in [-0.15, -0.1) is 10.2 Å². The van der Waals surface area contributed by atoms with E-state index >= 15 is 0 Å². The fourth-order valence-corrected chi connectivity index (χ4v) is 4.70. The van der Waals surface area contributed by atoms with E-state index in [9.17, 15) is 4.79 Å². The predicted molar refractivity (Wildman–Crippen MR) is 95.2 cm³/mol. The van der Waals surface area contributed by atoms with E-state index in [1.165, 1.54) is 30.2 Å². The van der Waals surface area contributed by atoms with Gasteiger partial charge in [0.25, 0.3) is 0 Å².